The molecule has 4 aliphatic rings. The number of morpholine rings is 1. The molecule has 1 aromatic heterocycles. The summed E-state index contributed by atoms with van der Waals surface area (Å²) in [5.41, 5.74) is 2.01. The lowest BCUT2D eigenvalue weighted by Gasteiger charge is -2.40. The van der Waals surface area contributed by atoms with Gasteiger partial charge in [-0.25, -0.2) is 4.98 Å². The summed E-state index contributed by atoms with van der Waals surface area (Å²) in [5, 5.41) is 3.52. The minimum absolute atomic E-state index is 0.0513. The third kappa shape index (κ3) is 6.31. The summed E-state index contributed by atoms with van der Waals surface area (Å²) in [6.07, 6.45) is 5.70. The third-order valence-electron chi connectivity index (χ3n) is 8.72. The Morgan fingerprint density at radius 1 is 1.10 bits per heavy atom. The van der Waals surface area contributed by atoms with Crippen molar-refractivity contribution in [1.82, 2.24) is 14.8 Å². The molecule has 4 heterocycles. The zero-order chi connectivity index (χ0) is 29.3. The van der Waals surface area contributed by atoms with Crippen molar-refractivity contribution in [1.29, 1.82) is 0 Å². The van der Waals surface area contributed by atoms with Gasteiger partial charge < -0.3 is 19.9 Å². The number of nitrogens with one attached hydrogen (secondary N) is 1. The average Bonchev–Trinajstić information content (AvgIpc) is 3.01. The number of carbonyl (C=O) groups is 1. The number of amides is 1. The molecule has 224 valence electrons. The first kappa shape index (κ1) is 29.0. The van der Waals surface area contributed by atoms with Crippen molar-refractivity contribution in [2.75, 3.05) is 62.7 Å². The van der Waals surface area contributed by atoms with Gasteiger partial charge in [-0.3, -0.25) is 9.69 Å². The fourth-order valence-corrected chi connectivity index (χ4v) is 6.66. The SMILES string of the molecule is O=C(C1C=CC=C(c2cnc3c(c2)N(Cc2cc(Cl)ccc2C(F)(F)F)CCN3)C1)N1CCC(N2CCOCC2)CC1. The van der Waals surface area contributed by atoms with Crippen molar-refractivity contribution >= 4 is 34.6 Å². The van der Waals surface area contributed by atoms with E-state index >= 15 is 0 Å². The molecule has 2 aromatic rings. The lowest BCUT2D eigenvalue weighted by atomic mass is 9.88. The van der Waals surface area contributed by atoms with Gasteiger partial charge in [-0.05, 0) is 60.2 Å². The normalized spacial score (nSPS) is 22.0. The molecule has 1 unspecified atom stereocenters. The summed E-state index contributed by atoms with van der Waals surface area (Å²) < 4.78 is 46.7. The molecule has 0 radical (unpaired) electrons. The Hall–Kier alpha value is -3.08. The van der Waals surface area contributed by atoms with Gasteiger partial charge in [-0.2, -0.15) is 13.2 Å². The molecule has 7 nitrogen and oxygen atoms in total. The lowest BCUT2D eigenvalue weighted by molar-refractivity contribution is -0.138. The topological polar surface area (TPSA) is 60.9 Å². The molecule has 0 saturated carbocycles. The van der Waals surface area contributed by atoms with Crippen LogP contribution in [0, 0.1) is 5.92 Å². The second kappa shape index (κ2) is 12.3. The van der Waals surface area contributed by atoms with Crippen molar-refractivity contribution in [3.05, 3.63) is 70.4 Å². The number of ether oxygens (including phenoxy) is 1. The number of benzene rings is 1. The van der Waals surface area contributed by atoms with E-state index in [0.717, 1.165) is 75.1 Å². The summed E-state index contributed by atoms with van der Waals surface area (Å²) in [7, 11) is 0. The zero-order valence-corrected chi connectivity index (χ0v) is 24.1. The number of nitrogens with zero attached hydrogens (tertiary/aromatic N) is 4. The van der Waals surface area contributed by atoms with E-state index in [2.05, 4.69) is 15.2 Å². The number of anilines is 2. The largest absolute Gasteiger partial charge is 0.416 e. The van der Waals surface area contributed by atoms with Gasteiger partial charge in [0.05, 0.1) is 30.4 Å². The maximum Gasteiger partial charge on any atom is 0.416 e. The van der Waals surface area contributed by atoms with E-state index in [9.17, 15) is 18.0 Å². The first-order valence-corrected chi connectivity index (χ1v) is 15.0. The molecule has 11 heteroatoms. The molecule has 0 spiro atoms. The van der Waals surface area contributed by atoms with Crippen LogP contribution in [0.4, 0.5) is 24.7 Å². The van der Waals surface area contributed by atoms with Gasteiger partial charge in [-0.15, -0.1) is 0 Å². The average molecular weight is 602 g/mol. The highest BCUT2D eigenvalue weighted by Crippen LogP contribution is 2.38. The van der Waals surface area contributed by atoms with Gasteiger partial charge in [-0.1, -0.05) is 29.8 Å². The number of likely N-dealkylation sites (tertiary alicyclic amines) is 1. The molecular formula is C31H35ClF3N5O2. The van der Waals surface area contributed by atoms with Gasteiger partial charge in [0.25, 0.3) is 0 Å². The van der Waals surface area contributed by atoms with Gasteiger partial charge in [0.2, 0.25) is 5.91 Å². The molecule has 1 atom stereocenters. The number of aromatic nitrogens is 1. The second-order valence-corrected chi connectivity index (χ2v) is 11.8. The number of pyridine rings is 1. The van der Waals surface area contributed by atoms with Crippen LogP contribution in [-0.2, 0) is 22.3 Å². The summed E-state index contributed by atoms with van der Waals surface area (Å²) in [6, 6.07) is 6.17. The third-order valence-corrected chi connectivity index (χ3v) is 8.96. The van der Waals surface area contributed by atoms with Crippen LogP contribution < -0.4 is 10.2 Å². The Kier molecular flexibility index (Phi) is 8.47. The van der Waals surface area contributed by atoms with E-state index in [1.54, 1.807) is 6.20 Å². The maximum atomic E-state index is 13.7. The lowest BCUT2D eigenvalue weighted by Crippen LogP contribution is -2.50. The van der Waals surface area contributed by atoms with Crippen LogP contribution in [0.1, 0.15) is 36.0 Å². The molecule has 2 saturated heterocycles. The number of alkyl halides is 3. The number of fused-ring (bicyclic) bond motifs is 1. The van der Waals surface area contributed by atoms with Crippen LogP contribution in [-0.4, -0.2) is 79.2 Å². The van der Waals surface area contributed by atoms with Gasteiger partial charge in [0.15, 0.2) is 0 Å². The second-order valence-electron chi connectivity index (χ2n) is 11.3. The van der Waals surface area contributed by atoms with Crippen molar-refractivity contribution in [2.45, 2.75) is 38.0 Å². The molecule has 0 bridgehead atoms. The fraction of sp³-hybridized carbons (Fsp3) is 0.484. The molecule has 1 aromatic carbocycles. The minimum Gasteiger partial charge on any atom is -0.379 e. The van der Waals surface area contributed by atoms with E-state index in [0.29, 0.717) is 31.4 Å². The van der Waals surface area contributed by atoms with E-state index in [1.807, 2.05) is 34.1 Å². The van der Waals surface area contributed by atoms with Crippen LogP contribution in [0.3, 0.4) is 0 Å². The molecule has 1 amide bonds. The van der Waals surface area contributed by atoms with Crippen LogP contribution in [0.5, 0.6) is 0 Å². The summed E-state index contributed by atoms with van der Waals surface area (Å²) in [6.45, 7) is 6.13. The van der Waals surface area contributed by atoms with Gasteiger partial charge >= 0.3 is 6.18 Å². The summed E-state index contributed by atoms with van der Waals surface area (Å²) >= 11 is 6.09. The molecule has 3 aliphatic heterocycles. The van der Waals surface area contributed by atoms with Crippen molar-refractivity contribution in [2.24, 2.45) is 5.92 Å². The Bertz CT molecular complexity index is 1370. The Morgan fingerprint density at radius 3 is 2.64 bits per heavy atom. The number of hydrogen-bond acceptors (Lipinski definition) is 6. The molecule has 1 N–H and O–H groups in total. The van der Waals surface area contributed by atoms with Crippen LogP contribution in [0.25, 0.3) is 5.57 Å². The highest BCUT2D eigenvalue weighted by Gasteiger charge is 2.35. The number of hydrogen-bond donors (Lipinski definition) is 1. The van der Waals surface area contributed by atoms with Crippen molar-refractivity contribution < 1.29 is 22.7 Å². The highest BCUT2D eigenvalue weighted by atomic mass is 35.5. The van der Waals surface area contributed by atoms with Crippen LogP contribution in [0.2, 0.25) is 5.02 Å². The van der Waals surface area contributed by atoms with Crippen LogP contribution in [0.15, 0.2) is 48.7 Å². The van der Waals surface area contributed by atoms with Crippen molar-refractivity contribution in [3.8, 4) is 0 Å². The first-order valence-electron chi connectivity index (χ1n) is 14.6. The standard InChI is InChI=1S/C31H35ClF3N5O2/c32-25-4-5-27(31(33,34)35)24(17-25)20-40-11-8-36-29-28(40)18-23(19-37-29)21-2-1-3-22(16-21)30(41)39-9-6-26(7-10-39)38-12-14-42-15-13-38/h1-5,17-19,22,26H,6-16,20H2,(H,36,37). The number of halogens is 4. The van der Waals surface area contributed by atoms with Gasteiger partial charge in [0.1, 0.15) is 5.82 Å². The van der Waals surface area contributed by atoms with Crippen LogP contribution >= 0.6 is 11.6 Å². The fourth-order valence-electron chi connectivity index (χ4n) is 6.47. The molecular weight excluding hydrogens is 567 g/mol. The molecule has 42 heavy (non-hydrogen) atoms. The molecule has 2 fully saturated rings. The smallest absolute Gasteiger partial charge is 0.379 e. The van der Waals surface area contributed by atoms with E-state index in [-0.39, 0.29) is 29.0 Å². The van der Waals surface area contributed by atoms with E-state index in [4.69, 9.17) is 16.3 Å². The Balaban J connectivity index is 1.14. The predicted octanol–water partition coefficient (Wildman–Crippen LogP) is 5.47. The zero-order valence-electron chi connectivity index (χ0n) is 23.4. The van der Waals surface area contributed by atoms with E-state index < -0.39 is 11.7 Å². The number of piperidine rings is 1. The number of allylic oxidation sites excluding steroid dienone is 3. The highest BCUT2D eigenvalue weighted by molar-refractivity contribution is 6.30. The summed E-state index contributed by atoms with van der Waals surface area (Å²) in [4.78, 5) is 24.5. The van der Waals surface area contributed by atoms with Crippen molar-refractivity contribution in [3.63, 3.8) is 0 Å². The number of rotatable bonds is 5. The molecule has 1 aliphatic carbocycles. The number of carbonyl (C=O) groups excluding carboxylic acids is 1. The maximum absolute atomic E-state index is 13.7. The summed E-state index contributed by atoms with van der Waals surface area (Å²) in [5.74, 6) is 0.520. The monoisotopic (exact) mass is 601 g/mol. The Labute approximate surface area is 249 Å². The Morgan fingerprint density at radius 2 is 1.88 bits per heavy atom. The van der Waals surface area contributed by atoms with Gasteiger partial charge in [0, 0.05) is 63.1 Å². The molecule has 6 rings (SSSR count). The van der Waals surface area contributed by atoms with E-state index in [1.165, 1.54) is 12.1 Å². The first-order chi connectivity index (χ1) is 20.3. The predicted molar refractivity (Wildman–Crippen MR) is 157 cm³/mol. The minimum atomic E-state index is -4.48. The quantitative estimate of drug-likeness (QED) is 0.491.